The van der Waals surface area contributed by atoms with Gasteiger partial charge in [0.25, 0.3) is 0 Å². The van der Waals surface area contributed by atoms with Crippen LogP contribution in [0, 0.1) is 0 Å². The number of para-hydroxylation sites is 1. The molecule has 0 saturated heterocycles. The number of nitrogens with zero attached hydrogens (tertiary/aromatic N) is 1. The molecular weight excluding hydrogens is 180 g/mol. The van der Waals surface area contributed by atoms with E-state index in [1.165, 1.54) is 12.1 Å². The van der Waals surface area contributed by atoms with Crippen LogP contribution in [0.4, 0.5) is 5.69 Å². The van der Waals surface area contributed by atoms with Gasteiger partial charge in [0.05, 0.1) is 5.69 Å². The molecule has 0 aliphatic rings. The molecule has 0 aliphatic carbocycles. The van der Waals surface area contributed by atoms with Crippen molar-refractivity contribution in [1.82, 2.24) is 0 Å². The van der Waals surface area contributed by atoms with E-state index in [4.69, 9.17) is 10.4 Å². The van der Waals surface area contributed by atoms with Crippen LogP contribution < -0.4 is 10.3 Å². The molecule has 0 atom stereocenters. The lowest BCUT2D eigenvalue weighted by molar-refractivity contribution is 0.478. The lowest BCUT2D eigenvalue weighted by Crippen LogP contribution is -2.36. The maximum Gasteiger partial charge on any atom is 0.373 e. The predicted molar refractivity (Wildman–Crippen MR) is 44.7 cm³/mol. The van der Waals surface area contributed by atoms with E-state index in [9.17, 15) is 8.42 Å². The summed E-state index contributed by atoms with van der Waals surface area (Å²) in [5, 5.41) is 0. The van der Waals surface area contributed by atoms with E-state index < -0.39 is 10.3 Å². The average Bonchev–Trinajstić information content (AvgIpc) is 2.03. The van der Waals surface area contributed by atoms with Crippen molar-refractivity contribution in [3.63, 3.8) is 0 Å². The van der Waals surface area contributed by atoms with Gasteiger partial charge in [0, 0.05) is 0 Å². The number of rotatable bonds is 2. The molecule has 0 amide bonds. The molecule has 0 saturated carbocycles. The van der Waals surface area contributed by atoms with Gasteiger partial charge in [-0.25, -0.2) is 5.84 Å². The van der Waals surface area contributed by atoms with Crippen molar-refractivity contribution in [1.29, 1.82) is 0 Å². The van der Waals surface area contributed by atoms with Crippen molar-refractivity contribution < 1.29 is 13.0 Å². The SMILES string of the molecule is NN(c1ccccc1)S(=O)(=O)O. The van der Waals surface area contributed by atoms with Gasteiger partial charge in [-0.2, -0.15) is 12.8 Å². The second-order valence-corrected chi connectivity index (χ2v) is 3.40. The summed E-state index contributed by atoms with van der Waals surface area (Å²) in [5.41, 5.74) is 0.208. The molecule has 0 unspecified atom stereocenters. The van der Waals surface area contributed by atoms with E-state index in [2.05, 4.69) is 0 Å². The van der Waals surface area contributed by atoms with Crippen molar-refractivity contribution in [2.45, 2.75) is 0 Å². The summed E-state index contributed by atoms with van der Waals surface area (Å²) in [7, 11) is -4.34. The van der Waals surface area contributed by atoms with Gasteiger partial charge < -0.3 is 0 Å². The van der Waals surface area contributed by atoms with E-state index in [0.717, 1.165) is 0 Å². The molecule has 0 radical (unpaired) electrons. The van der Waals surface area contributed by atoms with Crippen molar-refractivity contribution in [2.24, 2.45) is 5.84 Å². The molecule has 1 aromatic rings. The molecule has 0 aromatic heterocycles. The lowest BCUT2D eigenvalue weighted by atomic mass is 10.3. The topological polar surface area (TPSA) is 83.6 Å². The summed E-state index contributed by atoms with van der Waals surface area (Å²) in [5.74, 6) is 5.07. The zero-order valence-electron chi connectivity index (χ0n) is 6.08. The van der Waals surface area contributed by atoms with Crippen LogP contribution in [0.3, 0.4) is 0 Å². The standard InChI is InChI=1S/C6H8N2O3S/c7-8(12(9,10)11)6-4-2-1-3-5-6/h1-5H,7H2,(H,9,10,11). The fraction of sp³-hybridized carbons (Fsp3) is 0. The van der Waals surface area contributed by atoms with Gasteiger partial charge in [-0.05, 0) is 12.1 Å². The summed E-state index contributed by atoms with van der Waals surface area (Å²) in [6.45, 7) is 0. The molecule has 0 aliphatic heterocycles. The smallest absolute Gasteiger partial charge is 0.268 e. The van der Waals surface area contributed by atoms with E-state index in [-0.39, 0.29) is 5.69 Å². The van der Waals surface area contributed by atoms with Crippen LogP contribution in [0.1, 0.15) is 0 Å². The van der Waals surface area contributed by atoms with Gasteiger partial charge in [-0.15, -0.1) is 0 Å². The number of anilines is 1. The largest absolute Gasteiger partial charge is 0.373 e. The summed E-state index contributed by atoms with van der Waals surface area (Å²) >= 11 is 0. The number of hydrogen-bond donors (Lipinski definition) is 2. The van der Waals surface area contributed by atoms with Gasteiger partial charge >= 0.3 is 10.3 Å². The lowest BCUT2D eigenvalue weighted by Gasteiger charge is -2.13. The fourth-order valence-corrected chi connectivity index (χ4v) is 1.10. The van der Waals surface area contributed by atoms with Crippen molar-refractivity contribution in [2.75, 3.05) is 4.41 Å². The Morgan fingerprint density at radius 3 is 2.17 bits per heavy atom. The van der Waals surface area contributed by atoms with Gasteiger partial charge in [0.1, 0.15) is 0 Å². The third kappa shape index (κ3) is 1.94. The summed E-state index contributed by atoms with van der Waals surface area (Å²) in [6.07, 6.45) is 0. The molecule has 0 bridgehead atoms. The third-order valence-electron chi connectivity index (χ3n) is 1.26. The van der Waals surface area contributed by atoms with E-state index >= 15 is 0 Å². The van der Waals surface area contributed by atoms with Crippen molar-refractivity contribution >= 4 is 16.0 Å². The zero-order valence-corrected chi connectivity index (χ0v) is 6.90. The first-order valence-electron chi connectivity index (χ1n) is 3.09. The van der Waals surface area contributed by atoms with Crippen LogP contribution in [0.5, 0.6) is 0 Å². The summed E-state index contributed by atoms with van der Waals surface area (Å²) < 4.78 is 29.8. The Bertz CT molecular complexity index is 348. The molecule has 12 heavy (non-hydrogen) atoms. The minimum absolute atomic E-state index is 0.208. The molecule has 66 valence electrons. The van der Waals surface area contributed by atoms with E-state index in [1.807, 2.05) is 0 Å². The number of benzene rings is 1. The summed E-state index contributed by atoms with van der Waals surface area (Å²) in [6, 6.07) is 7.86. The molecular formula is C6H8N2O3S. The molecule has 0 spiro atoms. The second kappa shape index (κ2) is 3.10. The highest BCUT2D eigenvalue weighted by Gasteiger charge is 2.13. The van der Waals surface area contributed by atoms with Crippen LogP contribution >= 0.6 is 0 Å². The van der Waals surface area contributed by atoms with Gasteiger partial charge in [-0.3, -0.25) is 4.55 Å². The molecule has 0 heterocycles. The Morgan fingerprint density at radius 2 is 1.75 bits per heavy atom. The number of hydrogen-bond acceptors (Lipinski definition) is 3. The Labute approximate surface area is 70.3 Å². The van der Waals surface area contributed by atoms with Crippen LogP contribution in [0.15, 0.2) is 30.3 Å². The first-order chi connectivity index (χ1) is 5.52. The van der Waals surface area contributed by atoms with Crippen LogP contribution in [0.2, 0.25) is 0 Å². The zero-order chi connectivity index (χ0) is 9.19. The molecule has 1 rings (SSSR count). The maximum absolute atomic E-state index is 10.5. The monoisotopic (exact) mass is 188 g/mol. The first-order valence-corrected chi connectivity index (χ1v) is 4.49. The minimum atomic E-state index is -4.34. The van der Waals surface area contributed by atoms with Crippen LogP contribution in [-0.2, 0) is 10.3 Å². The quantitative estimate of drug-likeness (QED) is 0.393. The number of nitrogens with two attached hydrogens (primary N) is 1. The Kier molecular flexibility index (Phi) is 2.32. The average molecular weight is 188 g/mol. The fourth-order valence-electron chi connectivity index (χ4n) is 0.708. The molecule has 3 N–H and O–H groups in total. The van der Waals surface area contributed by atoms with E-state index in [1.54, 1.807) is 18.2 Å². The molecule has 5 nitrogen and oxygen atoms in total. The first kappa shape index (κ1) is 8.98. The number of hydrazine groups is 1. The Hall–Kier alpha value is -1.11. The Morgan fingerprint density at radius 1 is 1.25 bits per heavy atom. The maximum atomic E-state index is 10.5. The van der Waals surface area contributed by atoms with Crippen LogP contribution in [0.25, 0.3) is 0 Å². The van der Waals surface area contributed by atoms with Gasteiger partial charge in [-0.1, -0.05) is 18.2 Å². The normalized spacial score (nSPS) is 11.2. The minimum Gasteiger partial charge on any atom is -0.268 e. The van der Waals surface area contributed by atoms with Crippen molar-refractivity contribution in [3.05, 3.63) is 30.3 Å². The summed E-state index contributed by atoms with van der Waals surface area (Å²) in [4.78, 5) is 0. The third-order valence-corrected chi connectivity index (χ3v) is 1.97. The van der Waals surface area contributed by atoms with Gasteiger partial charge in [0.15, 0.2) is 0 Å². The molecule has 1 aromatic carbocycles. The van der Waals surface area contributed by atoms with Gasteiger partial charge in [0.2, 0.25) is 0 Å². The molecule has 0 fully saturated rings. The second-order valence-electron chi connectivity index (χ2n) is 2.11. The van der Waals surface area contributed by atoms with Crippen LogP contribution in [-0.4, -0.2) is 13.0 Å². The van der Waals surface area contributed by atoms with E-state index in [0.29, 0.717) is 4.41 Å². The highest BCUT2D eigenvalue weighted by Crippen LogP contribution is 2.11. The Balaban J connectivity index is 3.02. The highest BCUT2D eigenvalue weighted by molar-refractivity contribution is 7.87. The highest BCUT2D eigenvalue weighted by atomic mass is 32.2. The predicted octanol–water partition coefficient (Wildman–Crippen LogP) is 0.169. The van der Waals surface area contributed by atoms with Crippen molar-refractivity contribution in [3.8, 4) is 0 Å². The molecule has 6 heteroatoms.